The number of carbonyl (C=O) groups is 1. The number of carbonyl (C=O) groups excluding carboxylic acids is 1. The molecular weight excluding hydrogens is 653 g/mol. The molecule has 1 unspecified atom stereocenters. The van der Waals surface area contributed by atoms with Crippen molar-refractivity contribution in [1.82, 2.24) is 0 Å². The Morgan fingerprint density at radius 2 is 0.811 bits per heavy atom. The van der Waals surface area contributed by atoms with Gasteiger partial charge in [0.2, 0.25) is 0 Å². The van der Waals surface area contributed by atoms with Crippen LogP contribution < -0.4 is 0 Å². The zero-order valence-corrected chi connectivity index (χ0v) is 35.0. The summed E-state index contributed by atoms with van der Waals surface area (Å²) in [5.41, 5.74) is 0. The van der Waals surface area contributed by atoms with E-state index in [-0.39, 0.29) is 19.2 Å². The first-order valence-corrected chi connectivity index (χ1v) is 22.5. The molecule has 1 N–H and O–H groups in total. The van der Waals surface area contributed by atoms with Crippen LogP contribution in [-0.2, 0) is 14.3 Å². The van der Waals surface area contributed by atoms with E-state index in [0.29, 0.717) is 19.4 Å². The molecule has 0 aromatic heterocycles. The predicted molar refractivity (Wildman–Crippen MR) is 232 cm³/mol. The molecule has 0 amide bonds. The fourth-order valence-corrected chi connectivity index (χ4v) is 6.24. The van der Waals surface area contributed by atoms with E-state index in [4.69, 9.17) is 9.47 Å². The highest BCUT2D eigenvalue weighted by Crippen LogP contribution is 2.15. The summed E-state index contributed by atoms with van der Waals surface area (Å²) in [7, 11) is 0. The van der Waals surface area contributed by atoms with Crippen LogP contribution >= 0.6 is 0 Å². The van der Waals surface area contributed by atoms with Gasteiger partial charge in [-0.2, -0.15) is 0 Å². The normalized spacial score (nSPS) is 13.0. The van der Waals surface area contributed by atoms with Crippen LogP contribution in [0.25, 0.3) is 0 Å². The van der Waals surface area contributed by atoms with Crippen molar-refractivity contribution in [2.75, 3.05) is 19.8 Å². The van der Waals surface area contributed by atoms with Crippen LogP contribution in [0.5, 0.6) is 0 Å². The molecule has 0 spiro atoms. The Labute approximate surface area is 329 Å². The first-order valence-electron chi connectivity index (χ1n) is 22.5. The average Bonchev–Trinajstić information content (AvgIpc) is 3.16. The Balaban J connectivity index is 3.51. The molecule has 0 heterocycles. The lowest BCUT2D eigenvalue weighted by atomic mass is 10.0. The number of hydrogen-bond donors (Lipinski definition) is 1. The average molecular weight is 739 g/mol. The predicted octanol–water partition coefficient (Wildman–Crippen LogP) is 15.0. The zero-order chi connectivity index (χ0) is 38.4. The van der Waals surface area contributed by atoms with Gasteiger partial charge in [0, 0.05) is 13.0 Å². The molecule has 0 bridgehead atoms. The zero-order valence-electron chi connectivity index (χ0n) is 35.0. The van der Waals surface area contributed by atoms with Crippen molar-refractivity contribution in [3.63, 3.8) is 0 Å². The van der Waals surface area contributed by atoms with Gasteiger partial charge in [0.15, 0.2) is 0 Å². The molecule has 0 aromatic rings. The standard InChI is InChI=1S/C49H86O4/c1-3-5-7-9-11-13-15-17-19-21-23-24-25-27-29-31-33-35-37-39-41-43-45-52-47-48(46-50)53-49(51)44-42-40-38-36-34-32-30-28-26-22-20-18-16-14-12-10-8-6-4-2/h6,8,12,14,18,20,26,28,32,34,38,40,48,50H,3-5,7,9-11,13,15-17,19,21-25,27,29-31,33,35-37,39,41-47H2,1-2H3/b8-6-,14-12-,20-18-,28-26-,34-32-,40-38-. The van der Waals surface area contributed by atoms with Crippen LogP contribution in [0.2, 0.25) is 0 Å². The summed E-state index contributed by atoms with van der Waals surface area (Å²) in [5, 5.41) is 9.60. The smallest absolute Gasteiger partial charge is 0.306 e. The second-order valence-corrected chi connectivity index (χ2v) is 14.7. The summed E-state index contributed by atoms with van der Waals surface area (Å²) >= 11 is 0. The van der Waals surface area contributed by atoms with E-state index in [2.05, 4.69) is 80.7 Å². The summed E-state index contributed by atoms with van der Waals surface area (Å²) in [5.74, 6) is -0.281. The quantitative estimate of drug-likeness (QED) is 0.0385. The molecule has 0 aliphatic rings. The molecule has 0 radical (unpaired) electrons. The van der Waals surface area contributed by atoms with Crippen molar-refractivity contribution in [3.05, 3.63) is 72.9 Å². The molecule has 0 saturated carbocycles. The third kappa shape index (κ3) is 44.1. The lowest BCUT2D eigenvalue weighted by Gasteiger charge is -2.15. The number of rotatable bonds is 41. The van der Waals surface area contributed by atoms with Crippen LogP contribution in [0.4, 0.5) is 0 Å². The molecule has 4 nitrogen and oxygen atoms in total. The summed E-state index contributed by atoms with van der Waals surface area (Å²) in [6.07, 6.45) is 62.7. The number of allylic oxidation sites excluding steroid dienone is 12. The van der Waals surface area contributed by atoms with Crippen molar-refractivity contribution in [2.24, 2.45) is 0 Å². The van der Waals surface area contributed by atoms with Gasteiger partial charge in [-0.3, -0.25) is 4.79 Å². The Hall–Kier alpha value is -2.17. The highest BCUT2D eigenvalue weighted by Gasteiger charge is 2.13. The Morgan fingerprint density at radius 1 is 0.472 bits per heavy atom. The Bertz CT molecular complexity index is 911. The maximum Gasteiger partial charge on any atom is 0.306 e. The number of hydrogen-bond acceptors (Lipinski definition) is 4. The molecule has 306 valence electrons. The van der Waals surface area contributed by atoms with E-state index in [0.717, 1.165) is 44.9 Å². The van der Waals surface area contributed by atoms with Crippen LogP contribution in [0.3, 0.4) is 0 Å². The third-order valence-corrected chi connectivity index (χ3v) is 9.56. The summed E-state index contributed by atoms with van der Waals surface area (Å²) in [4.78, 5) is 12.2. The molecular formula is C49H86O4. The maximum atomic E-state index is 12.2. The molecule has 0 aliphatic carbocycles. The fraction of sp³-hybridized carbons (Fsp3) is 0.735. The van der Waals surface area contributed by atoms with E-state index in [1.54, 1.807) is 0 Å². The molecule has 53 heavy (non-hydrogen) atoms. The van der Waals surface area contributed by atoms with E-state index in [1.807, 2.05) is 6.08 Å². The lowest BCUT2D eigenvalue weighted by Crippen LogP contribution is -2.27. The van der Waals surface area contributed by atoms with E-state index in [9.17, 15) is 9.90 Å². The summed E-state index contributed by atoms with van der Waals surface area (Å²) in [6, 6.07) is 0. The lowest BCUT2D eigenvalue weighted by molar-refractivity contribution is -0.154. The van der Waals surface area contributed by atoms with Crippen molar-refractivity contribution >= 4 is 5.97 Å². The second kappa shape index (κ2) is 46.0. The van der Waals surface area contributed by atoms with Gasteiger partial charge in [-0.25, -0.2) is 0 Å². The first-order chi connectivity index (χ1) is 26.2. The maximum absolute atomic E-state index is 12.2. The fourth-order valence-electron chi connectivity index (χ4n) is 6.24. The van der Waals surface area contributed by atoms with Gasteiger partial charge >= 0.3 is 5.97 Å². The van der Waals surface area contributed by atoms with Gasteiger partial charge in [0.1, 0.15) is 6.10 Å². The largest absolute Gasteiger partial charge is 0.457 e. The van der Waals surface area contributed by atoms with Gasteiger partial charge in [0.25, 0.3) is 0 Å². The van der Waals surface area contributed by atoms with Crippen molar-refractivity contribution in [2.45, 2.75) is 213 Å². The van der Waals surface area contributed by atoms with Gasteiger partial charge in [-0.15, -0.1) is 0 Å². The first kappa shape index (κ1) is 50.8. The van der Waals surface area contributed by atoms with Crippen LogP contribution in [0.1, 0.15) is 206 Å². The molecule has 0 aliphatic heterocycles. The van der Waals surface area contributed by atoms with Crippen molar-refractivity contribution in [1.29, 1.82) is 0 Å². The third-order valence-electron chi connectivity index (χ3n) is 9.56. The SMILES string of the molecule is CC/C=C\C/C=C\C/C=C\C/C=C\C/C=C\C/C=C\CCC(=O)OC(CO)COCCCCCCCCCCCCCCCCCCCCCCCC. The summed E-state index contributed by atoms with van der Waals surface area (Å²) in [6.45, 7) is 5.17. The Morgan fingerprint density at radius 3 is 1.17 bits per heavy atom. The number of aliphatic hydroxyl groups is 1. The monoisotopic (exact) mass is 739 g/mol. The highest BCUT2D eigenvalue weighted by atomic mass is 16.6. The van der Waals surface area contributed by atoms with E-state index >= 15 is 0 Å². The molecule has 0 rings (SSSR count). The van der Waals surface area contributed by atoms with Gasteiger partial charge in [-0.05, 0) is 51.4 Å². The van der Waals surface area contributed by atoms with Crippen LogP contribution in [0, 0.1) is 0 Å². The molecule has 4 heteroatoms. The van der Waals surface area contributed by atoms with Crippen molar-refractivity contribution in [3.8, 4) is 0 Å². The molecule has 0 fully saturated rings. The van der Waals surface area contributed by atoms with E-state index < -0.39 is 6.10 Å². The summed E-state index contributed by atoms with van der Waals surface area (Å²) < 4.78 is 11.1. The molecule has 0 aromatic carbocycles. The van der Waals surface area contributed by atoms with Gasteiger partial charge in [0.05, 0.1) is 13.2 Å². The molecule has 0 saturated heterocycles. The number of unbranched alkanes of at least 4 members (excludes halogenated alkanes) is 21. The van der Waals surface area contributed by atoms with Gasteiger partial charge < -0.3 is 14.6 Å². The van der Waals surface area contributed by atoms with Gasteiger partial charge in [-0.1, -0.05) is 222 Å². The highest BCUT2D eigenvalue weighted by molar-refractivity contribution is 5.69. The van der Waals surface area contributed by atoms with Crippen LogP contribution in [-0.4, -0.2) is 37.0 Å². The molecule has 1 atom stereocenters. The number of aliphatic hydroxyl groups excluding tert-OH is 1. The minimum Gasteiger partial charge on any atom is -0.457 e. The number of ether oxygens (including phenoxy) is 2. The second-order valence-electron chi connectivity index (χ2n) is 14.7. The van der Waals surface area contributed by atoms with Crippen LogP contribution in [0.15, 0.2) is 72.9 Å². The minimum absolute atomic E-state index is 0.203. The topological polar surface area (TPSA) is 55.8 Å². The van der Waals surface area contributed by atoms with Crippen molar-refractivity contribution < 1.29 is 19.4 Å². The Kier molecular flexibility index (Phi) is 44.1. The minimum atomic E-state index is -0.576. The van der Waals surface area contributed by atoms with E-state index in [1.165, 1.54) is 135 Å². The number of esters is 1.